The highest BCUT2D eigenvalue weighted by atomic mass is 15.0. The zero-order valence-corrected chi connectivity index (χ0v) is 14.7. The minimum absolute atomic E-state index is 0.134. The summed E-state index contributed by atoms with van der Waals surface area (Å²) in [6, 6.07) is 19.3. The maximum absolute atomic E-state index is 5.18. The fourth-order valence-corrected chi connectivity index (χ4v) is 2.05. The Morgan fingerprint density at radius 1 is 1.04 bits per heavy atom. The molecule has 2 rings (SSSR count). The Kier molecular flexibility index (Phi) is 8.96. The maximum atomic E-state index is 5.18. The minimum atomic E-state index is 0.134. The van der Waals surface area contributed by atoms with Crippen molar-refractivity contribution in [2.45, 2.75) is 39.3 Å². The van der Waals surface area contributed by atoms with Gasteiger partial charge >= 0.3 is 0 Å². The van der Waals surface area contributed by atoms with E-state index in [1.165, 1.54) is 22.3 Å². The number of hydrogen-bond donors (Lipinski definition) is 2. The van der Waals surface area contributed by atoms with Crippen LogP contribution < -0.4 is 11.1 Å². The predicted octanol–water partition coefficient (Wildman–Crippen LogP) is 4.24. The van der Waals surface area contributed by atoms with Gasteiger partial charge in [0, 0.05) is 0 Å². The lowest BCUT2D eigenvalue weighted by Crippen LogP contribution is -2.30. The summed E-state index contributed by atoms with van der Waals surface area (Å²) in [7, 11) is 1.82. The highest BCUT2D eigenvalue weighted by Gasteiger charge is 1.99. The summed E-state index contributed by atoms with van der Waals surface area (Å²) in [5.74, 6) is 0. The Balaban J connectivity index is 0.000000463. The van der Waals surface area contributed by atoms with E-state index in [4.69, 9.17) is 5.73 Å². The van der Waals surface area contributed by atoms with Crippen LogP contribution in [0.1, 0.15) is 30.0 Å². The number of allylic oxidation sites excluding steroid dienone is 1. The number of benzene rings is 2. The molecule has 0 amide bonds. The Morgan fingerprint density at radius 2 is 1.61 bits per heavy atom. The van der Waals surface area contributed by atoms with Crippen molar-refractivity contribution >= 4 is 0 Å². The van der Waals surface area contributed by atoms with Crippen molar-refractivity contribution in [1.29, 1.82) is 0 Å². The first-order chi connectivity index (χ1) is 11.0. The van der Waals surface area contributed by atoms with Crippen LogP contribution in [-0.4, -0.2) is 13.2 Å². The van der Waals surface area contributed by atoms with Gasteiger partial charge in [0.2, 0.25) is 0 Å². The van der Waals surface area contributed by atoms with E-state index in [1.54, 1.807) is 0 Å². The fourth-order valence-electron chi connectivity index (χ4n) is 2.05. The third-order valence-electron chi connectivity index (χ3n) is 3.64. The molecule has 3 N–H and O–H groups in total. The van der Waals surface area contributed by atoms with Gasteiger partial charge in [0.15, 0.2) is 0 Å². The molecule has 124 valence electrons. The summed E-state index contributed by atoms with van der Waals surface area (Å²) in [5.41, 5.74) is 10.6. The van der Waals surface area contributed by atoms with Gasteiger partial charge in [-0.15, -0.1) is 0 Å². The van der Waals surface area contributed by atoms with Crippen LogP contribution in [-0.2, 0) is 12.8 Å². The number of nitrogens with one attached hydrogen (secondary N) is 1. The van der Waals surface area contributed by atoms with Gasteiger partial charge in [0.1, 0.15) is 0 Å². The molecular weight excluding hydrogens is 280 g/mol. The third kappa shape index (κ3) is 8.97. The van der Waals surface area contributed by atoms with E-state index in [-0.39, 0.29) is 6.17 Å². The van der Waals surface area contributed by atoms with Crippen LogP contribution in [0.2, 0.25) is 0 Å². The zero-order chi connectivity index (χ0) is 17.1. The second-order valence-electron chi connectivity index (χ2n) is 5.98. The number of nitrogens with two attached hydrogens (primary N) is 1. The molecule has 1 atom stereocenters. The van der Waals surface area contributed by atoms with Gasteiger partial charge in [-0.2, -0.15) is 0 Å². The summed E-state index contributed by atoms with van der Waals surface area (Å²) < 4.78 is 0. The van der Waals surface area contributed by atoms with Gasteiger partial charge in [-0.25, -0.2) is 0 Å². The molecule has 0 spiro atoms. The van der Waals surface area contributed by atoms with Crippen LogP contribution in [0.5, 0.6) is 0 Å². The molecule has 0 saturated heterocycles. The van der Waals surface area contributed by atoms with Crippen molar-refractivity contribution in [1.82, 2.24) is 5.32 Å². The van der Waals surface area contributed by atoms with Crippen molar-refractivity contribution in [2.75, 3.05) is 7.05 Å². The molecule has 0 bridgehead atoms. The normalized spacial score (nSPS) is 11.3. The Hall–Kier alpha value is -1.90. The number of hydrogen-bond acceptors (Lipinski definition) is 2. The standard InChI is InChI=1S/C18H20.C3H10N2/c1-15-8-12-18(13-9-15)14-16(2)10-11-17-6-4-3-5-7-17;1-3(4)5-2/h3-9,12-13H,2,10-11,14H2,1H3;3,5H,4H2,1-2H3. The average Bonchev–Trinajstić information content (AvgIpc) is 2.56. The first kappa shape index (κ1) is 19.1. The topological polar surface area (TPSA) is 38.0 Å². The molecule has 1 unspecified atom stereocenters. The molecule has 0 fully saturated rings. The van der Waals surface area contributed by atoms with E-state index in [9.17, 15) is 0 Å². The smallest absolute Gasteiger partial charge is 0.0514 e. The molecule has 23 heavy (non-hydrogen) atoms. The van der Waals surface area contributed by atoms with E-state index in [0.717, 1.165) is 19.3 Å². The van der Waals surface area contributed by atoms with Crippen LogP contribution in [0.15, 0.2) is 66.7 Å². The Labute approximate surface area is 141 Å². The largest absolute Gasteiger partial charge is 0.316 e. The first-order valence-electron chi connectivity index (χ1n) is 8.20. The average molecular weight is 310 g/mol. The molecular formula is C21H30N2. The van der Waals surface area contributed by atoms with Crippen molar-refractivity contribution in [3.05, 3.63) is 83.4 Å². The van der Waals surface area contributed by atoms with Crippen LogP contribution in [0.4, 0.5) is 0 Å². The second kappa shape index (κ2) is 10.8. The Morgan fingerprint density at radius 3 is 2.13 bits per heavy atom. The summed E-state index contributed by atoms with van der Waals surface area (Å²) in [4.78, 5) is 0. The van der Waals surface area contributed by atoms with E-state index in [2.05, 4.69) is 73.4 Å². The molecule has 0 aliphatic heterocycles. The molecule has 2 aromatic rings. The maximum Gasteiger partial charge on any atom is 0.0514 e. The summed E-state index contributed by atoms with van der Waals surface area (Å²) in [6.07, 6.45) is 3.28. The lowest BCUT2D eigenvalue weighted by atomic mass is 9.99. The highest BCUT2D eigenvalue weighted by molar-refractivity contribution is 5.25. The van der Waals surface area contributed by atoms with Crippen molar-refractivity contribution < 1.29 is 0 Å². The van der Waals surface area contributed by atoms with Gasteiger partial charge in [-0.1, -0.05) is 72.3 Å². The van der Waals surface area contributed by atoms with Crippen molar-refractivity contribution in [3.8, 4) is 0 Å². The predicted molar refractivity (Wildman–Crippen MR) is 101 cm³/mol. The monoisotopic (exact) mass is 310 g/mol. The minimum Gasteiger partial charge on any atom is -0.316 e. The van der Waals surface area contributed by atoms with Crippen LogP contribution in [0.25, 0.3) is 0 Å². The van der Waals surface area contributed by atoms with Gasteiger partial charge < -0.3 is 11.1 Å². The molecule has 0 radical (unpaired) electrons. The summed E-state index contributed by atoms with van der Waals surface area (Å²) in [6.45, 7) is 8.20. The second-order valence-corrected chi connectivity index (χ2v) is 5.98. The van der Waals surface area contributed by atoms with Crippen LogP contribution >= 0.6 is 0 Å². The van der Waals surface area contributed by atoms with Gasteiger partial charge in [-0.05, 0) is 51.3 Å². The molecule has 0 saturated carbocycles. The van der Waals surface area contributed by atoms with Crippen LogP contribution in [0, 0.1) is 6.92 Å². The molecule has 2 heteroatoms. The summed E-state index contributed by atoms with van der Waals surface area (Å²) in [5, 5.41) is 2.81. The first-order valence-corrected chi connectivity index (χ1v) is 8.20. The lowest BCUT2D eigenvalue weighted by Gasteiger charge is -2.06. The van der Waals surface area contributed by atoms with Gasteiger partial charge in [0.25, 0.3) is 0 Å². The lowest BCUT2D eigenvalue weighted by molar-refractivity contribution is 0.639. The fraction of sp³-hybridized carbons (Fsp3) is 0.333. The Bertz CT molecular complexity index is 556. The quantitative estimate of drug-likeness (QED) is 0.619. The molecule has 2 aromatic carbocycles. The number of aryl methyl sites for hydroxylation is 2. The molecule has 2 nitrogen and oxygen atoms in total. The number of rotatable bonds is 6. The highest BCUT2D eigenvalue weighted by Crippen LogP contribution is 2.13. The van der Waals surface area contributed by atoms with Crippen LogP contribution in [0.3, 0.4) is 0 Å². The molecule has 0 aliphatic carbocycles. The molecule has 0 heterocycles. The van der Waals surface area contributed by atoms with E-state index >= 15 is 0 Å². The van der Waals surface area contributed by atoms with Gasteiger partial charge in [0.05, 0.1) is 6.17 Å². The third-order valence-corrected chi connectivity index (χ3v) is 3.64. The van der Waals surface area contributed by atoms with E-state index in [0.29, 0.717) is 0 Å². The molecule has 0 aliphatic rings. The SMILES string of the molecule is C=C(CCc1ccccc1)Cc1ccc(C)cc1.CNC(C)N. The van der Waals surface area contributed by atoms with Gasteiger partial charge in [-0.3, -0.25) is 0 Å². The summed E-state index contributed by atoms with van der Waals surface area (Å²) >= 11 is 0. The zero-order valence-electron chi connectivity index (χ0n) is 14.7. The molecule has 0 aromatic heterocycles. The van der Waals surface area contributed by atoms with Crippen molar-refractivity contribution in [2.24, 2.45) is 5.73 Å². The van der Waals surface area contributed by atoms with Crippen molar-refractivity contribution in [3.63, 3.8) is 0 Å². The van der Waals surface area contributed by atoms with E-state index < -0.39 is 0 Å². The van der Waals surface area contributed by atoms with E-state index in [1.807, 2.05) is 14.0 Å².